The Bertz CT molecular complexity index is 572. The minimum atomic E-state index is -0.355. The van der Waals surface area contributed by atoms with Crippen molar-refractivity contribution in [1.29, 1.82) is 0 Å². The van der Waals surface area contributed by atoms with Crippen LogP contribution < -0.4 is 10.1 Å². The molecule has 6 nitrogen and oxygen atoms in total. The van der Waals surface area contributed by atoms with E-state index in [2.05, 4.69) is 5.32 Å². The second-order valence-corrected chi connectivity index (χ2v) is 5.78. The molecule has 22 heavy (non-hydrogen) atoms. The molecule has 2 aliphatic heterocycles. The van der Waals surface area contributed by atoms with Crippen LogP contribution in [0.15, 0.2) is 24.3 Å². The molecular formula is C16H20N2O4. The summed E-state index contributed by atoms with van der Waals surface area (Å²) in [4.78, 5) is 25.6. The van der Waals surface area contributed by atoms with Crippen LogP contribution in [0.3, 0.4) is 0 Å². The number of nitrogens with one attached hydrogen (secondary N) is 1. The molecule has 2 aliphatic rings. The van der Waals surface area contributed by atoms with E-state index in [0.717, 1.165) is 17.7 Å². The first-order valence-corrected chi connectivity index (χ1v) is 7.47. The molecule has 3 rings (SSSR count). The van der Waals surface area contributed by atoms with Gasteiger partial charge in [0.05, 0.1) is 25.1 Å². The van der Waals surface area contributed by atoms with Crippen LogP contribution in [0.1, 0.15) is 18.9 Å². The fourth-order valence-corrected chi connectivity index (χ4v) is 3.22. The van der Waals surface area contributed by atoms with Gasteiger partial charge in [-0.25, -0.2) is 4.79 Å². The van der Waals surface area contributed by atoms with Gasteiger partial charge >= 0.3 is 6.09 Å². The van der Waals surface area contributed by atoms with E-state index in [1.807, 2.05) is 31.2 Å². The van der Waals surface area contributed by atoms with Gasteiger partial charge in [-0.3, -0.25) is 4.79 Å². The van der Waals surface area contributed by atoms with Crippen LogP contribution in [0.4, 0.5) is 4.79 Å². The van der Waals surface area contributed by atoms with E-state index in [0.29, 0.717) is 6.54 Å². The molecule has 1 N–H and O–H groups in total. The maximum Gasteiger partial charge on any atom is 0.410 e. The monoisotopic (exact) mass is 304 g/mol. The van der Waals surface area contributed by atoms with E-state index in [4.69, 9.17) is 9.47 Å². The highest BCUT2D eigenvalue weighted by atomic mass is 16.6. The lowest BCUT2D eigenvalue weighted by atomic mass is 10.0. The molecule has 3 atom stereocenters. The topological polar surface area (TPSA) is 67.9 Å². The lowest BCUT2D eigenvalue weighted by Gasteiger charge is -2.25. The van der Waals surface area contributed by atoms with E-state index in [9.17, 15) is 9.59 Å². The molecule has 6 heteroatoms. The number of likely N-dealkylation sites (tertiary alicyclic amines) is 1. The molecular weight excluding hydrogens is 284 g/mol. The van der Waals surface area contributed by atoms with Gasteiger partial charge < -0.3 is 19.7 Å². The Labute approximate surface area is 129 Å². The summed E-state index contributed by atoms with van der Waals surface area (Å²) in [5.74, 6) is 0.602. The van der Waals surface area contributed by atoms with Crippen molar-refractivity contribution in [2.75, 3.05) is 13.7 Å². The second kappa shape index (κ2) is 5.87. The summed E-state index contributed by atoms with van der Waals surface area (Å²) in [6, 6.07) is 7.37. The fraction of sp³-hybridized carbons (Fsp3) is 0.500. The van der Waals surface area contributed by atoms with Gasteiger partial charge in [-0.2, -0.15) is 0 Å². The zero-order valence-electron chi connectivity index (χ0n) is 12.7. The number of fused-ring (bicyclic) bond motifs is 1. The van der Waals surface area contributed by atoms with Gasteiger partial charge in [0.2, 0.25) is 5.91 Å². The molecule has 118 valence electrons. The quantitative estimate of drug-likeness (QED) is 0.920. The molecule has 2 amide bonds. The summed E-state index contributed by atoms with van der Waals surface area (Å²) in [7, 11) is 1.61. The summed E-state index contributed by atoms with van der Waals surface area (Å²) >= 11 is 0. The molecule has 0 aromatic heterocycles. The van der Waals surface area contributed by atoms with E-state index in [-0.39, 0.29) is 36.6 Å². The van der Waals surface area contributed by atoms with Crippen molar-refractivity contribution >= 4 is 12.0 Å². The standard InChI is InChI=1S/C16H20N2O4/c1-10-14-13(17-15(10)19)7-8-18(14)16(20)22-9-11-3-5-12(21-2)6-4-11/h3-6,10,13-14H,7-9H2,1-2H3,(H,17,19)/t10-,13-,14+/m0/s1. The molecule has 0 spiro atoms. The number of amides is 2. The van der Waals surface area contributed by atoms with Crippen molar-refractivity contribution in [3.05, 3.63) is 29.8 Å². The molecule has 0 unspecified atom stereocenters. The van der Waals surface area contributed by atoms with Crippen LogP contribution in [0.5, 0.6) is 5.75 Å². The maximum absolute atomic E-state index is 12.3. The Morgan fingerprint density at radius 1 is 1.36 bits per heavy atom. The normalized spacial score (nSPS) is 26.5. The summed E-state index contributed by atoms with van der Waals surface area (Å²) in [5, 5.41) is 2.93. The first kappa shape index (κ1) is 14.7. The summed E-state index contributed by atoms with van der Waals surface area (Å²) < 4.78 is 10.5. The fourth-order valence-electron chi connectivity index (χ4n) is 3.22. The van der Waals surface area contributed by atoms with E-state index >= 15 is 0 Å². The van der Waals surface area contributed by atoms with Gasteiger partial charge in [0, 0.05) is 6.54 Å². The number of benzene rings is 1. The Balaban J connectivity index is 1.59. The van der Waals surface area contributed by atoms with Crippen LogP contribution >= 0.6 is 0 Å². The van der Waals surface area contributed by atoms with Crippen molar-refractivity contribution in [3.8, 4) is 5.75 Å². The van der Waals surface area contributed by atoms with Crippen LogP contribution in [0.2, 0.25) is 0 Å². The zero-order valence-corrected chi connectivity index (χ0v) is 12.7. The predicted molar refractivity (Wildman–Crippen MR) is 79.4 cm³/mol. The summed E-state index contributed by atoms with van der Waals surface area (Å²) in [5.41, 5.74) is 0.901. The number of hydrogen-bond acceptors (Lipinski definition) is 4. The van der Waals surface area contributed by atoms with Gasteiger partial charge in [0.25, 0.3) is 0 Å². The number of rotatable bonds is 3. The highest BCUT2D eigenvalue weighted by Crippen LogP contribution is 2.30. The average Bonchev–Trinajstić information content (AvgIpc) is 3.06. The SMILES string of the molecule is COc1ccc(COC(=O)N2CC[C@@H]3NC(=O)[C@@H](C)[C@H]32)cc1. The molecule has 2 heterocycles. The zero-order chi connectivity index (χ0) is 15.7. The van der Waals surface area contributed by atoms with Gasteiger partial charge in [-0.05, 0) is 24.1 Å². The minimum Gasteiger partial charge on any atom is -0.497 e. The lowest BCUT2D eigenvalue weighted by molar-refractivity contribution is -0.122. The van der Waals surface area contributed by atoms with E-state index in [1.165, 1.54) is 0 Å². The first-order valence-electron chi connectivity index (χ1n) is 7.47. The van der Waals surface area contributed by atoms with Crippen LogP contribution in [-0.2, 0) is 16.1 Å². The van der Waals surface area contributed by atoms with Gasteiger partial charge in [-0.15, -0.1) is 0 Å². The van der Waals surface area contributed by atoms with Crippen LogP contribution in [0, 0.1) is 5.92 Å². The van der Waals surface area contributed by atoms with Crippen molar-refractivity contribution < 1.29 is 19.1 Å². The predicted octanol–water partition coefficient (Wildman–Crippen LogP) is 1.54. The summed E-state index contributed by atoms with van der Waals surface area (Å²) in [6.07, 6.45) is 0.435. The molecule has 0 aliphatic carbocycles. The smallest absolute Gasteiger partial charge is 0.410 e. The third kappa shape index (κ3) is 2.61. The molecule has 1 aromatic carbocycles. The molecule has 0 bridgehead atoms. The maximum atomic E-state index is 12.3. The lowest BCUT2D eigenvalue weighted by Crippen LogP contribution is -2.41. The highest BCUT2D eigenvalue weighted by Gasteiger charge is 2.48. The number of hydrogen-bond donors (Lipinski definition) is 1. The third-order valence-corrected chi connectivity index (χ3v) is 4.46. The number of carbonyl (C=O) groups is 2. The Hall–Kier alpha value is -2.24. The Morgan fingerprint density at radius 3 is 2.77 bits per heavy atom. The van der Waals surface area contributed by atoms with Crippen LogP contribution in [0.25, 0.3) is 0 Å². The van der Waals surface area contributed by atoms with Crippen molar-refractivity contribution in [2.24, 2.45) is 5.92 Å². The van der Waals surface area contributed by atoms with E-state index < -0.39 is 0 Å². The molecule has 2 fully saturated rings. The second-order valence-electron chi connectivity index (χ2n) is 5.78. The van der Waals surface area contributed by atoms with Gasteiger partial charge in [0.1, 0.15) is 12.4 Å². The molecule has 2 saturated heterocycles. The van der Waals surface area contributed by atoms with Gasteiger partial charge in [-0.1, -0.05) is 19.1 Å². The highest BCUT2D eigenvalue weighted by molar-refractivity contribution is 5.84. The largest absolute Gasteiger partial charge is 0.497 e. The number of methoxy groups -OCH3 is 1. The van der Waals surface area contributed by atoms with Crippen LogP contribution in [-0.4, -0.2) is 42.6 Å². The Kier molecular flexibility index (Phi) is 3.92. The molecule has 0 saturated carbocycles. The third-order valence-electron chi connectivity index (χ3n) is 4.46. The van der Waals surface area contributed by atoms with E-state index in [1.54, 1.807) is 12.0 Å². The number of nitrogens with zero attached hydrogens (tertiary/aromatic N) is 1. The minimum absolute atomic E-state index is 0.0163. The molecule has 1 aromatic rings. The van der Waals surface area contributed by atoms with Gasteiger partial charge in [0.15, 0.2) is 0 Å². The number of carbonyl (C=O) groups excluding carboxylic acids is 2. The molecule has 0 radical (unpaired) electrons. The summed E-state index contributed by atoms with van der Waals surface area (Å²) in [6.45, 7) is 2.70. The Morgan fingerprint density at radius 2 is 2.09 bits per heavy atom. The number of ether oxygens (including phenoxy) is 2. The average molecular weight is 304 g/mol. The van der Waals surface area contributed by atoms with Crippen molar-refractivity contribution in [2.45, 2.75) is 32.0 Å². The van der Waals surface area contributed by atoms with Crippen molar-refractivity contribution in [1.82, 2.24) is 10.2 Å². The first-order chi connectivity index (χ1) is 10.6. The van der Waals surface area contributed by atoms with Crippen molar-refractivity contribution in [3.63, 3.8) is 0 Å².